The number of carbonyl (C=O) groups is 1. The van der Waals surface area contributed by atoms with E-state index >= 15 is 0 Å². The van der Waals surface area contributed by atoms with Crippen LogP contribution in [0, 0.1) is 0 Å². The van der Waals surface area contributed by atoms with Crippen molar-refractivity contribution in [2.45, 2.75) is 32.9 Å². The van der Waals surface area contributed by atoms with Crippen molar-refractivity contribution in [1.82, 2.24) is 20.0 Å². The molecule has 2 aromatic rings. The van der Waals surface area contributed by atoms with Gasteiger partial charge in [-0.3, -0.25) is 9.69 Å². The van der Waals surface area contributed by atoms with Gasteiger partial charge in [-0.1, -0.05) is 6.07 Å². The molecule has 8 nitrogen and oxygen atoms in total. The third-order valence-corrected chi connectivity index (χ3v) is 4.89. The van der Waals surface area contributed by atoms with Crippen LogP contribution in [0.4, 0.5) is 5.82 Å². The van der Waals surface area contributed by atoms with Crippen molar-refractivity contribution < 1.29 is 14.3 Å². The molecule has 0 aliphatic carbocycles. The van der Waals surface area contributed by atoms with Gasteiger partial charge in [0.2, 0.25) is 6.79 Å². The van der Waals surface area contributed by atoms with Crippen molar-refractivity contribution in [2.75, 3.05) is 38.3 Å². The molecule has 0 bridgehead atoms. The summed E-state index contributed by atoms with van der Waals surface area (Å²) >= 11 is 0. The molecule has 0 saturated carbocycles. The third-order valence-electron chi connectivity index (χ3n) is 4.89. The summed E-state index contributed by atoms with van der Waals surface area (Å²) in [6, 6.07) is 9.59. The van der Waals surface area contributed by atoms with E-state index in [1.54, 1.807) is 12.1 Å². The van der Waals surface area contributed by atoms with Crippen molar-refractivity contribution in [1.29, 1.82) is 0 Å². The molecule has 1 aromatic heterocycles. The number of fused-ring (bicyclic) bond motifs is 1. The zero-order valence-electron chi connectivity index (χ0n) is 17.1. The van der Waals surface area contributed by atoms with Gasteiger partial charge in [-0.15, -0.1) is 10.2 Å². The minimum atomic E-state index is -0.103. The second kappa shape index (κ2) is 7.87. The zero-order valence-corrected chi connectivity index (χ0v) is 17.1. The molecule has 0 radical (unpaired) electrons. The predicted molar refractivity (Wildman–Crippen MR) is 109 cm³/mol. The lowest BCUT2D eigenvalue weighted by Gasteiger charge is -2.34. The Kier molecular flexibility index (Phi) is 5.27. The summed E-state index contributed by atoms with van der Waals surface area (Å²) in [7, 11) is 0. The van der Waals surface area contributed by atoms with Crippen LogP contribution in [-0.4, -0.2) is 64.4 Å². The number of carbonyl (C=O) groups excluding carboxylic acids is 1. The molecule has 1 fully saturated rings. The smallest absolute Gasteiger partial charge is 0.274 e. The summed E-state index contributed by atoms with van der Waals surface area (Å²) in [5.41, 5.74) is 1.46. The van der Waals surface area contributed by atoms with E-state index in [9.17, 15) is 4.79 Å². The molecule has 4 rings (SSSR count). The van der Waals surface area contributed by atoms with Crippen LogP contribution in [0.15, 0.2) is 30.3 Å². The Morgan fingerprint density at radius 1 is 1.03 bits per heavy atom. The standard InChI is InChI=1S/C21H27N5O3/c1-21(2,3)22-19-7-5-16(23-24-19)20(27)26-10-8-25(9-11-26)13-15-4-6-17-18(12-15)29-14-28-17/h4-7,12H,8-11,13-14H2,1-3H3,(H,22,24). The predicted octanol–water partition coefficient (Wildman–Crippen LogP) is 2.37. The lowest BCUT2D eigenvalue weighted by atomic mass is 10.1. The van der Waals surface area contributed by atoms with Crippen LogP contribution in [-0.2, 0) is 6.54 Å². The molecule has 0 spiro atoms. The normalized spacial score (nSPS) is 16.7. The molecule has 0 atom stereocenters. The highest BCUT2D eigenvalue weighted by atomic mass is 16.7. The summed E-state index contributed by atoms with van der Waals surface area (Å²) in [6.07, 6.45) is 0. The lowest BCUT2D eigenvalue weighted by molar-refractivity contribution is 0.0621. The topological polar surface area (TPSA) is 79.8 Å². The van der Waals surface area contributed by atoms with Crippen LogP contribution in [0.5, 0.6) is 11.5 Å². The zero-order chi connectivity index (χ0) is 20.4. The van der Waals surface area contributed by atoms with Crippen LogP contribution in [0.1, 0.15) is 36.8 Å². The molecular formula is C21H27N5O3. The molecule has 1 saturated heterocycles. The van der Waals surface area contributed by atoms with Gasteiger partial charge in [0, 0.05) is 38.3 Å². The van der Waals surface area contributed by atoms with E-state index in [0.717, 1.165) is 31.1 Å². The van der Waals surface area contributed by atoms with Gasteiger partial charge in [0.1, 0.15) is 5.82 Å². The molecule has 0 unspecified atom stereocenters. The molecule has 1 amide bonds. The number of hydrogen-bond acceptors (Lipinski definition) is 7. The Morgan fingerprint density at radius 3 is 2.48 bits per heavy atom. The van der Waals surface area contributed by atoms with Crippen molar-refractivity contribution in [3.05, 3.63) is 41.6 Å². The van der Waals surface area contributed by atoms with Gasteiger partial charge in [-0.2, -0.15) is 0 Å². The fourth-order valence-corrected chi connectivity index (χ4v) is 3.47. The van der Waals surface area contributed by atoms with E-state index in [1.807, 2.05) is 17.0 Å². The maximum atomic E-state index is 12.7. The first kappa shape index (κ1) is 19.4. The van der Waals surface area contributed by atoms with E-state index in [2.05, 4.69) is 47.3 Å². The van der Waals surface area contributed by atoms with Crippen LogP contribution in [0.2, 0.25) is 0 Å². The van der Waals surface area contributed by atoms with E-state index < -0.39 is 0 Å². The lowest BCUT2D eigenvalue weighted by Crippen LogP contribution is -2.48. The van der Waals surface area contributed by atoms with Crippen LogP contribution >= 0.6 is 0 Å². The first-order valence-corrected chi connectivity index (χ1v) is 9.89. The van der Waals surface area contributed by atoms with Crippen LogP contribution < -0.4 is 14.8 Å². The Bertz CT molecular complexity index is 871. The third kappa shape index (κ3) is 4.76. The van der Waals surface area contributed by atoms with Crippen molar-refractivity contribution in [3.63, 3.8) is 0 Å². The molecule has 1 aromatic carbocycles. The van der Waals surface area contributed by atoms with E-state index in [0.29, 0.717) is 24.6 Å². The van der Waals surface area contributed by atoms with Gasteiger partial charge >= 0.3 is 0 Å². The van der Waals surface area contributed by atoms with Gasteiger partial charge in [-0.05, 0) is 50.6 Å². The van der Waals surface area contributed by atoms with E-state index in [-0.39, 0.29) is 18.2 Å². The monoisotopic (exact) mass is 397 g/mol. The number of rotatable bonds is 4. The number of piperazine rings is 1. The Hall–Kier alpha value is -2.87. The summed E-state index contributed by atoms with van der Waals surface area (Å²) in [6.45, 7) is 10.3. The number of hydrogen-bond donors (Lipinski definition) is 1. The highest BCUT2D eigenvalue weighted by Crippen LogP contribution is 2.32. The molecule has 8 heteroatoms. The first-order valence-electron chi connectivity index (χ1n) is 9.89. The Labute approximate surface area is 170 Å². The quantitative estimate of drug-likeness (QED) is 0.848. The fraction of sp³-hybridized carbons (Fsp3) is 0.476. The number of nitrogens with one attached hydrogen (secondary N) is 1. The van der Waals surface area contributed by atoms with Gasteiger partial charge in [0.15, 0.2) is 17.2 Å². The summed E-state index contributed by atoms with van der Waals surface area (Å²) < 4.78 is 10.8. The molecular weight excluding hydrogens is 370 g/mol. The summed E-state index contributed by atoms with van der Waals surface area (Å²) in [5.74, 6) is 2.21. The summed E-state index contributed by atoms with van der Waals surface area (Å²) in [5, 5.41) is 11.5. The average molecular weight is 397 g/mol. The number of aromatic nitrogens is 2. The number of nitrogens with zero attached hydrogens (tertiary/aromatic N) is 4. The second-order valence-corrected chi connectivity index (χ2v) is 8.43. The number of ether oxygens (including phenoxy) is 2. The van der Waals surface area contributed by atoms with Crippen LogP contribution in [0.25, 0.3) is 0 Å². The molecule has 2 aliphatic rings. The highest BCUT2D eigenvalue weighted by molar-refractivity contribution is 5.92. The molecule has 1 N–H and O–H groups in total. The minimum Gasteiger partial charge on any atom is -0.454 e. The Morgan fingerprint density at radius 2 is 1.79 bits per heavy atom. The number of amides is 1. The Balaban J connectivity index is 1.30. The maximum Gasteiger partial charge on any atom is 0.274 e. The highest BCUT2D eigenvalue weighted by Gasteiger charge is 2.24. The largest absolute Gasteiger partial charge is 0.454 e. The fourth-order valence-electron chi connectivity index (χ4n) is 3.47. The van der Waals surface area contributed by atoms with Gasteiger partial charge in [0.05, 0.1) is 0 Å². The number of anilines is 1. The first-order chi connectivity index (χ1) is 13.9. The van der Waals surface area contributed by atoms with Gasteiger partial charge < -0.3 is 19.7 Å². The SMILES string of the molecule is CC(C)(C)Nc1ccc(C(=O)N2CCN(Cc3ccc4c(c3)OCO4)CC2)nn1. The maximum absolute atomic E-state index is 12.7. The molecule has 154 valence electrons. The van der Waals surface area contributed by atoms with E-state index in [1.165, 1.54) is 5.56 Å². The van der Waals surface area contributed by atoms with E-state index in [4.69, 9.17) is 9.47 Å². The minimum absolute atomic E-state index is 0.0671. The second-order valence-electron chi connectivity index (χ2n) is 8.43. The van der Waals surface area contributed by atoms with Crippen molar-refractivity contribution >= 4 is 11.7 Å². The van der Waals surface area contributed by atoms with Crippen molar-refractivity contribution in [3.8, 4) is 11.5 Å². The molecule has 3 heterocycles. The van der Waals surface area contributed by atoms with Crippen molar-refractivity contribution in [2.24, 2.45) is 0 Å². The molecule has 2 aliphatic heterocycles. The molecule has 29 heavy (non-hydrogen) atoms. The van der Waals surface area contributed by atoms with Gasteiger partial charge in [0.25, 0.3) is 5.91 Å². The van der Waals surface area contributed by atoms with Crippen LogP contribution in [0.3, 0.4) is 0 Å². The number of benzene rings is 1. The summed E-state index contributed by atoms with van der Waals surface area (Å²) in [4.78, 5) is 16.9. The average Bonchev–Trinajstić information content (AvgIpc) is 3.15. The van der Waals surface area contributed by atoms with Gasteiger partial charge in [-0.25, -0.2) is 0 Å².